The van der Waals surface area contributed by atoms with E-state index < -0.39 is 5.82 Å². The van der Waals surface area contributed by atoms with Crippen LogP contribution < -0.4 is 4.74 Å². The van der Waals surface area contributed by atoms with Gasteiger partial charge in [0.2, 0.25) is 0 Å². The minimum atomic E-state index is -0.515. The standard InChI is InChI=1S/C18H22FN3O2/c1-3-21-10-8-20-17(21)14-5-4-9-22(12-14)18(23)13-6-7-16(24-2)15(19)11-13/h6-8,10-11,14H,3-5,9,12H2,1-2H3/t14-/m1/s1. The van der Waals surface area contributed by atoms with Crippen LogP contribution in [0.3, 0.4) is 0 Å². The lowest BCUT2D eigenvalue weighted by Crippen LogP contribution is -2.39. The number of methoxy groups -OCH3 is 1. The highest BCUT2D eigenvalue weighted by Gasteiger charge is 2.28. The van der Waals surface area contributed by atoms with Crippen LogP contribution in [0, 0.1) is 5.82 Å². The molecular weight excluding hydrogens is 309 g/mol. The highest BCUT2D eigenvalue weighted by Crippen LogP contribution is 2.27. The van der Waals surface area contributed by atoms with Gasteiger partial charge in [-0.25, -0.2) is 9.37 Å². The Morgan fingerprint density at radius 2 is 2.29 bits per heavy atom. The molecule has 1 aromatic carbocycles. The monoisotopic (exact) mass is 331 g/mol. The summed E-state index contributed by atoms with van der Waals surface area (Å²) >= 11 is 0. The number of benzene rings is 1. The van der Waals surface area contributed by atoms with Gasteiger partial charge in [-0.05, 0) is 38.0 Å². The molecule has 0 radical (unpaired) electrons. The Labute approximate surface area is 141 Å². The predicted molar refractivity (Wildman–Crippen MR) is 88.7 cm³/mol. The predicted octanol–water partition coefficient (Wildman–Crippen LogP) is 3.07. The van der Waals surface area contributed by atoms with Crippen molar-refractivity contribution in [1.82, 2.24) is 14.5 Å². The molecule has 1 aliphatic rings. The second-order valence-electron chi connectivity index (χ2n) is 6.01. The first kappa shape index (κ1) is 16.5. The summed E-state index contributed by atoms with van der Waals surface area (Å²) in [6.45, 7) is 4.25. The summed E-state index contributed by atoms with van der Waals surface area (Å²) in [5.74, 6) is 0.735. The Morgan fingerprint density at radius 3 is 3.00 bits per heavy atom. The topological polar surface area (TPSA) is 47.4 Å². The van der Waals surface area contributed by atoms with Gasteiger partial charge in [0.15, 0.2) is 11.6 Å². The molecule has 0 bridgehead atoms. The molecule has 0 aliphatic carbocycles. The number of imidazole rings is 1. The molecule has 1 aromatic heterocycles. The molecule has 1 amide bonds. The lowest BCUT2D eigenvalue weighted by molar-refractivity contribution is 0.0703. The molecule has 1 aliphatic heterocycles. The maximum atomic E-state index is 13.9. The van der Waals surface area contributed by atoms with E-state index in [0.29, 0.717) is 18.7 Å². The average Bonchev–Trinajstić information content (AvgIpc) is 3.10. The van der Waals surface area contributed by atoms with E-state index in [1.165, 1.54) is 19.2 Å². The molecule has 0 saturated carbocycles. The maximum Gasteiger partial charge on any atom is 0.253 e. The number of nitrogens with zero attached hydrogens (tertiary/aromatic N) is 3. The van der Waals surface area contributed by atoms with Crippen LogP contribution in [0.5, 0.6) is 5.75 Å². The molecule has 24 heavy (non-hydrogen) atoms. The first-order valence-corrected chi connectivity index (χ1v) is 8.28. The molecule has 2 aromatic rings. The van der Waals surface area contributed by atoms with Gasteiger partial charge in [-0.1, -0.05) is 0 Å². The fourth-order valence-electron chi connectivity index (χ4n) is 3.30. The summed E-state index contributed by atoms with van der Waals surface area (Å²) in [6.07, 6.45) is 5.71. The van der Waals surface area contributed by atoms with Gasteiger partial charge in [-0.15, -0.1) is 0 Å². The molecule has 128 valence electrons. The van der Waals surface area contributed by atoms with Crippen LogP contribution in [-0.4, -0.2) is 40.6 Å². The minimum Gasteiger partial charge on any atom is -0.494 e. The van der Waals surface area contributed by atoms with Crippen molar-refractivity contribution < 1.29 is 13.9 Å². The van der Waals surface area contributed by atoms with Gasteiger partial charge in [0.1, 0.15) is 5.82 Å². The van der Waals surface area contributed by atoms with E-state index in [1.54, 1.807) is 17.2 Å². The molecule has 5 nitrogen and oxygen atoms in total. The van der Waals surface area contributed by atoms with Crippen molar-refractivity contribution in [3.63, 3.8) is 0 Å². The highest BCUT2D eigenvalue weighted by atomic mass is 19.1. The Bertz CT molecular complexity index is 729. The Morgan fingerprint density at radius 1 is 1.46 bits per heavy atom. The molecule has 0 unspecified atom stereocenters. The largest absolute Gasteiger partial charge is 0.494 e. The van der Waals surface area contributed by atoms with E-state index in [1.807, 2.05) is 6.20 Å². The number of rotatable bonds is 4. The van der Waals surface area contributed by atoms with Crippen LogP contribution in [0.1, 0.15) is 41.9 Å². The first-order chi connectivity index (χ1) is 11.6. The van der Waals surface area contributed by atoms with Crippen LogP contribution in [0.2, 0.25) is 0 Å². The van der Waals surface area contributed by atoms with Crippen molar-refractivity contribution in [3.05, 3.63) is 47.8 Å². The van der Waals surface area contributed by atoms with Crippen molar-refractivity contribution in [3.8, 4) is 5.75 Å². The molecule has 3 rings (SSSR count). The Hall–Kier alpha value is -2.37. The molecule has 0 spiro atoms. The fraction of sp³-hybridized carbons (Fsp3) is 0.444. The van der Waals surface area contributed by atoms with Gasteiger partial charge >= 0.3 is 0 Å². The van der Waals surface area contributed by atoms with Crippen molar-refractivity contribution in [1.29, 1.82) is 0 Å². The van der Waals surface area contributed by atoms with Gasteiger partial charge < -0.3 is 14.2 Å². The van der Waals surface area contributed by atoms with Crippen LogP contribution >= 0.6 is 0 Å². The van der Waals surface area contributed by atoms with Crippen molar-refractivity contribution in [2.75, 3.05) is 20.2 Å². The number of amides is 1. The average molecular weight is 331 g/mol. The Kier molecular flexibility index (Phi) is 4.83. The van der Waals surface area contributed by atoms with Gasteiger partial charge in [-0.3, -0.25) is 4.79 Å². The van der Waals surface area contributed by atoms with E-state index in [2.05, 4.69) is 16.5 Å². The maximum absolute atomic E-state index is 13.9. The number of carbonyl (C=O) groups excluding carboxylic acids is 1. The van der Waals surface area contributed by atoms with Crippen molar-refractivity contribution in [2.24, 2.45) is 0 Å². The summed E-state index contributed by atoms with van der Waals surface area (Å²) in [6, 6.07) is 4.35. The van der Waals surface area contributed by atoms with E-state index in [9.17, 15) is 9.18 Å². The lowest BCUT2D eigenvalue weighted by Gasteiger charge is -2.32. The Balaban J connectivity index is 1.77. The molecule has 0 N–H and O–H groups in total. The minimum absolute atomic E-state index is 0.143. The number of aromatic nitrogens is 2. The number of likely N-dealkylation sites (tertiary alicyclic amines) is 1. The fourth-order valence-corrected chi connectivity index (χ4v) is 3.30. The van der Waals surface area contributed by atoms with Gasteiger partial charge in [0.05, 0.1) is 7.11 Å². The molecule has 2 heterocycles. The second-order valence-corrected chi connectivity index (χ2v) is 6.01. The quantitative estimate of drug-likeness (QED) is 0.865. The smallest absolute Gasteiger partial charge is 0.253 e. The van der Waals surface area contributed by atoms with Gasteiger partial charge in [-0.2, -0.15) is 0 Å². The van der Waals surface area contributed by atoms with Crippen LogP contribution in [0.4, 0.5) is 4.39 Å². The third-order valence-corrected chi connectivity index (χ3v) is 4.56. The van der Waals surface area contributed by atoms with Crippen molar-refractivity contribution >= 4 is 5.91 Å². The van der Waals surface area contributed by atoms with Crippen LogP contribution in [0.15, 0.2) is 30.6 Å². The van der Waals surface area contributed by atoms with E-state index in [0.717, 1.165) is 25.2 Å². The number of aryl methyl sites for hydroxylation is 1. The molecule has 6 heteroatoms. The number of piperidine rings is 1. The van der Waals surface area contributed by atoms with Gasteiger partial charge in [0.25, 0.3) is 5.91 Å². The van der Waals surface area contributed by atoms with E-state index >= 15 is 0 Å². The summed E-state index contributed by atoms with van der Waals surface area (Å²) < 4.78 is 20.9. The first-order valence-electron chi connectivity index (χ1n) is 8.28. The summed E-state index contributed by atoms with van der Waals surface area (Å²) in [5.41, 5.74) is 0.354. The summed E-state index contributed by atoms with van der Waals surface area (Å²) in [5, 5.41) is 0. The zero-order chi connectivity index (χ0) is 17.1. The second kappa shape index (κ2) is 7.03. The zero-order valence-electron chi connectivity index (χ0n) is 14.0. The zero-order valence-corrected chi connectivity index (χ0v) is 14.0. The molecule has 1 saturated heterocycles. The number of carbonyl (C=O) groups is 1. The normalized spacial score (nSPS) is 17.8. The van der Waals surface area contributed by atoms with Gasteiger partial charge in [0, 0.05) is 43.5 Å². The number of hydrogen-bond donors (Lipinski definition) is 0. The van der Waals surface area contributed by atoms with E-state index in [-0.39, 0.29) is 17.6 Å². The SMILES string of the molecule is CCn1ccnc1[C@@H]1CCCN(C(=O)c2ccc(OC)c(F)c2)C1. The summed E-state index contributed by atoms with van der Waals surface area (Å²) in [4.78, 5) is 19.0. The summed E-state index contributed by atoms with van der Waals surface area (Å²) in [7, 11) is 1.41. The van der Waals surface area contributed by atoms with Crippen LogP contribution in [-0.2, 0) is 6.54 Å². The molecular formula is C18H22FN3O2. The third kappa shape index (κ3) is 3.13. The molecule has 1 fully saturated rings. The number of ether oxygens (including phenoxy) is 1. The third-order valence-electron chi connectivity index (χ3n) is 4.56. The van der Waals surface area contributed by atoms with Crippen LogP contribution in [0.25, 0.3) is 0 Å². The van der Waals surface area contributed by atoms with Crippen molar-refractivity contribution in [2.45, 2.75) is 32.2 Å². The number of halogens is 1. The number of hydrogen-bond acceptors (Lipinski definition) is 3. The van der Waals surface area contributed by atoms with E-state index in [4.69, 9.17) is 4.74 Å². The lowest BCUT2D eigenvalue weighted by atomic mass is 9.96. The molecule has 1 atom stereocenters. The highest BCUT2D eigenvalue weighted by molar-refractivity contribution is 5.94.